The van der Waals surface area contributed by atoms with Gasteiger partial charge in [-0.1, -0.05) is 42.5 Å². The fraction of sp³-hybridized carbons (Fsp3) is 0.111. The summed E-state index contributed by atoms with van der Waals surface area (Å²) in [6, 6.07) is 23.5. The molecule has 0 spiro atoms. The highest BCUT2D eigenvalue weighted by Gasteiger charge is 2.08. The minimum Gasteiger partial charge on any atom is -0.314 e. The molecule has 0 N–H and O–H groups in total. The molecule has 0 fully saturated rings. The van der Waals surface area contributed by atoms with E-state index >= 15 is 0 Å². The summed E-state index contributed by atoms with van der Waals surface area (Å²) in [6.07, 6.45) is 0. The van der Waals surface area contributed by atoms with E-state index in [1.807, 2.05) is 0 Å². The molecular formula is C18H17N. The minimum absolute atomic E-state index is 1.22. The molecule has 0 aliphatic rings. The molecule has 0 saturated carbocycles. The molecule has 0 radical (unpaired) electrons. The van der Waals surface area contributed by atoms with Gasteiger partial charge in [0.2, 0.25) is 0 Å². The maximum Gasteiger partial charge on any atom is 0.0531 e. The third-order valence-corrected chi connectivity index (χ3v) is 3.41. The Hall–Kier alpha value is -2.28. The van der Waals surface area contributed by atoms with Gasteiger partial charge in [-0.2, -0.15) is 0 Å². The molecule has 1 heterocycles. The van der Waals surface area contributed by atoms with Crippen molar-refractivity contribution >= 4 is 0 Å². The lowest BCUT2D eigenvalue weighted by molar-refractivity contribution is 1.02. The molecule has 0 aliphatic heterocycles. The smallest absolute Gasteiger partial charge is 0.0531 e. The van der Waals surface area contributed by atoms with Crippen LogP contribution in [0.2, 0.25) is 0 Å². The van der Waals surface area contributed by atoms with Crippen LogP contribution in [0.1, 0.15) is 11.3 Å². The molecule has 94 valence electrons. The number of rotatable bonds is 2. The number of aryl methyl sites for hydroxylation is 2. The third-order valence-electron chi connectivity index (χ3n) is 3.41. The summed E-state index contributed by atoms with van der Waals surface area (Å²) in [5, 5.41) is 0. The SMILES string of the molecule is Cc1cccc(-n2c(C)ccc2-c2ccccc2)c1. The lowest BCUT2D eigenvalue weighted by atomic mass is 10.1. The van der Waals surface area contributed by atoms with Gasteiger partial charge in [-0.3, -0.25) is 0 Å². The van der Waals surface area contributed by atoms with E-state index in [1.165, 1.54) is 28.2 Å². The zero-order valence-electron chi connectivity index (χ0n) is 11.3. The first-order valence-corrected chi connectivity index (χ1v) is 6.56. The summed E-state index contributed by atoms with van der Waals surface area (Å²) in [7, 11) is 0. The van der Waals surface area contributed by atoms with Crippen LogP contribution in [0.25, 0.3) is 16.9 Å². The van der Waals surface area contributed by atoms with E-state index < -0.39 is 0 Å². The summed E-state index contributed by atoms with van der Waals surface area (Å²) in [5.74, 6) is 0. The quantitative estimate of drug-likeness (QED) is 0.615. The average Bonchev–Trinajstić information content (AvgIpc) is 2.82. The van der Waals surface area contributed by atoms with Crippen molar-refractivity contribution in [3.63, 3.8) is 0 Å². The molecule has 2 aromatic carbocycles. The molecule has 0 atom stereocenters. The highest BCUT2D eigenvalue weighted by atomic mass is 15.0. The van der Waals surface area contributed by atoms with Gasteiger partial charge in [0.15, 0.2) is 0 Å². The van der Waals surface area contributed by atoms with Crippen LogP contribution < -0.4 is 0 Å². The van der Waals surface area contributed by atoms with Crippen LogP contribution in [0.5, 0.6) is 0 Å². The Morgan fingerprint density at radius 3 is 2.26 bits per heavy atom. The largest absolute Gasteiger partial charge is 0.314 e. The van der Waals surface area contributed by atoms with Crippen LogP contribution in [0.4, 0.5) is 0 Å². The van der Waals surface area contributed by atoms with Crippen molar-refractivity contribution in [1.82, 2.24) is 4.57 Å². The second kappa shape index (κ2) is 4.77. The number of benzene rings is 2. The van der Waals surface area contributed by atoms with Crippen LogP contribution in [0.15, 0.2) is 66.7 Å². The van der Waals surface area contributed by atoms with E-state index in [9.17, 15) is 0 Å². The lowest BCUT2D eigenvalue weighted by Gasteiger charge is -2.12. The van der Waals surface area contributed by atoms with Crippen molar-refractivity contribution in [3.05, 3.63) is 78.0 Å². The van der Waals surface area contributed by atoms with Gasteiger partial charge in [-0.05, 0) is 49.2 Å². The molecule has 19 heavy (non-hydrogen) atoms. The second-order valence-electron chi connectivity index (χ2n) is 4.90. The Morgan fingerprint density at radius 2 is 1.53 bits per heavy atom. The molecule has 1 aromatic heterocycles. The average molecular weight is 247 g/mol. The fourth-order valence-corrected chi connectivity index (χ4v) is 2.48. The standard InChI is InChI=1S/C18H17N/c1-14-7-6-10-17(13-14)19-15(2)11-12-18(19)16-8-4-3-5-9-16/h3-13H,1-2H3. The van der Waals surface area contributed by atoms with Gasteiger partial charge in [0.25, 0.3) is 0 Å². The number of aromatic nitrogens is 1. The molecule has 0 unspecified atom stereocenters. The van der Waals surface area contributed by atoms with Crippen molar-refractivity contribution in [3.8, 4) is 16.9 Å². The molecular weight excluding hydrogens is 230 g/mol. The molecule has 0 saturated heterocycles. The van der Waals surface area contributed by atoms with E-state index in [0.717, 1.165) is 0 Å². The monoisotopic (exact) mass is 247 g/mol. The van der Waals surface area contributed by atoms with Crippen molar-refractivity contribution in [2.75, 3.05) is 0 Å². The van der Waals surface area contributed by atoms with Crippen LogP contribution >= 0.6 is 0 Å². The zero-order chi connectivity index (χ0) is 13.2. The fourth-order valence-electron chi connectivity index (χ4n) is 2.48. The van der Waals surface area contributed by atoms with Crippen LogP contribution in [-0.2, 0) is 0 Å². The summed E-state index contributed by atoms with van der Waals surface area (Å²) in [5.41, 5.74) is 6.25. The topological polar surface area (TPSA) is 4.93 Å². The molecule has 1 nitrogen and oxygen atoms in total. The van der Waals surface area contributed by atoms with Crippen LogP contribution in [-0.4, -0.2) is 4.57 Å². The number of nitrogens with zero attached hydrogens (tertiary/aromatic N) is 1. The van der Waals surface area contributed by atoms with Crippen molar-refractivity contribution in [2.45, 2.75) is 13.8 Å². The van der Waals surface area contributed by atoms with Crippen molar-refractivity contribution in [2.24, 2.45) is 0 Å². The summed E-state index contributed by atoms with van der Waals surface area (Å²) in [6.45, 7) is 4.28. The van der Waals surface area contributed by atoms with Crippen molar-refractivity contribution < 1.29 is 0 Å². The first-order valence-electron chi connectivity index (χ1n) is 6.56. The van der Waals surface area contributed by atoms with E-state index in [-0.39, 0.29) is 0 Å². The predicted molar refractivity (Wildman–Crippen MR) is 80.7 cm³/mol. The Kier molecular flexibility index (Phi) is 2.96. The van der Waals surface area contributed by atoms with Gasteiger partial charge in [-0.15, -0.1) is 0 Å². The van der Waals surface area contributed by atoms with Gasteiger partial charge < -0.3 is 4.57 Å². The second-order valence-corrected chi connectivity index (χ2v) is 4.90. The Bertz CT molecular complexity index is 693. The predicted octanol–water partition coefficient (Wildman–Crippen LogP) is 4.76. The Morgan fingerprint density at radius 1 is 0.737 bits per heavy atom. The molecule has 0 aliphatic carbocycles. The first-order chi connectivity index (χ1) is 9.25. The molecule has 0 amide bonds. The summed E-state index contributed by atoms with van der Waals surface area (Å²) in [4.78, 5) is 0. The van der Waals surface area contributed by atoms with Gasteiger partial charge in [0, 0.05) is 11.4 Å². The van der Waals surface area contributed by atoms with Gasteiger partial charge in [0.1, 0.15) is 0 Å². The highest BCUT2D eigenvalue weighted by molar-refractivity contribution is 5.64. The molecule has 3 aromatic rings. The molecule has 0 bridgehead atoms. The van der Waals surface area contributed by atoms with E-state index in [1.54, 1.807) is 0 Å². The normalized spacial score (nSPS) is 10.6. The minimum atomic E-state index is 1.22. The van der Waals surface area contributed by atoms with Crippen LogP contribution in [0.3, 0.4) is 0 Å². The van der Waals surface area contributed by atoms with E-state index in [4.69, 9.17) is 0 Å². The Balaban J connectivity index is 2.20. The summed E-state index contributed by atoms with van der Waals surface area (Å²) >= 11 is 0. The van der Waals surface area contributed by atoms with Crippen LogP contribution in [0, 0.1) is 13.8 Å². The van der Waals surface area contributed by atoms with Gasteiger partial charge in [-0.25, -0.2) is 0 Å². The van der Waals surface area contributed by atoms with Crippen molar-refractivity contribution in [1.29, 1.82) is 0 Å². The Labute approximate surface area is 114 Å². The summed E-state index contributed by atoms with van der Waals surface area (Å²) < 4.78 is 2.31. The molecule has 1 heteroatoms. The number of hydrogen-bond acceptors (Lipinski definition) is 0. The van der Waals surface area contributed by atoms with E-state index in [2.05, 4.69) is 85.1 Å². The maximum absolute atomic E-state index is 2.31. The van der Waals surface area contributed by atoms with E-state index in [0.29, 0.717) is 0 Å². The third kappa shape index (κ3) is 2.19. The lowest BCUT2D eigenvalue weighted by Crippen LogP contribution is -1.99. The first kappa shape index (κ1) is 11.8. The molecule has 3 rings (SSSR count). The van der Waals surface area contributed by atoms with Gasteiger partial charge in [0.05, 0.1) is 5.69 Å². The number of hydrogen-bond donors (Lipinski definition) is 0. The van der Waals surface area contributed by atoms with Gasteiger partial charge >= 0.3 is 0 Å². The maximum atomic E-state index is 2.31. The zero-order valence-corrected chi connectivity index (χ0v) is 11.3. The highest BCUT2D eigenvalue weighted by Crippen LogP contribution is 2.26.